The molecule has 17 heavy (non-hydrogen) atoms. The summed E-state index contributed by atoms with van der Waals surface area (Å²) in [6, 6.07) is 15.3. The van der Waals surface area contributed by atoms with E-state index in [1.807, 2.05) is 30.3 Å². The van der Waals surface area contributed by atoms with E-state index in [-0.39, 0.29) is 0 Å². The molecule has 2 aromatic heterocycles. The first-order valence-electron chi connectivity index (χ1n) is 5.19. The first-order valence-corrected chi connectivity index (χ1v) is 5.19. The van der Waals surface area contributed by atoms with Gasteiger partial charge in [-0.05, 0) is 12.1 Å². The summed E-state index contributed by atoms with van der Waals surface area (Å²) in [5, 5.41) is 13.3. The molecule has 3 rings (SSSR count). The second kappa shape index (κ2) is 3.72. The fourth-order valence-electron chi connectivity index (χ4n) is 1.70. The zero-order chi connectivity index (χ0) is 11.7. The monoisotopic (exact) mass is 220 g/mol. The molecule has 0 fully saturated rings. The van der Waals surface area contributed by atoms with Gasteiger partial charge in [-0.3, -0.25) is 0 Å². The standard InChI is InChI=1S/C13H8N4/c14-9-11-7-4-8-17-13(11)15-12(16-17)10-5-2-1-3-6-10/h1-8H. The molecular weight excluding hydrogens is 212 g/mol. The van der Waals surface area contributed by atoms with Gasteiger partial charge in [0.15, 0.2) is 11.5 Å². The highest BCUT2D eigenvalue weighted by molar-refractivity contribution is 5.62. The van der Waals surface area contributed by atoms with Crippen LogP contribution in [0, 0.1) is 11.3 Å². The predicted octanol–water partition coefficient (Wildman–Crippen LogP) is 2.27. The Balaban J connectivity index is 2.25. The van der Waals surface area contributed by atoms with Gasteiger partial charge in [0.25, 0.3) is 0 Å². The number of hydrogen-bond donors (Lipinski definition) is 0. The summed E-state index contributed by atoms with van der Waals surface area (Å²) in [5.74, 6) is 0.633. The fourth-order valence-corrected chi connectivity index (χ4v) is 1.70. The van der Waals surface area contributed by atoms with Gasteiger partial charge in [0.2, 0.25) is 0 Å². The van der Waals surface area contributed by atoms with Gasteiger partial charge in [0.1, 0.15) is 6.07 Å². The molecular formula is C13H8N4. The highest BCUT2D eigenvalue weighted by atomic mass is 15.3. The van der Waals surface area contributed by atoms with Gasteiger partial charge in [0.05, 0.1) is 5.56 Å². The van der Waals surface area contributed by atoms with Gasteiger partial charge >= 0.3 is 0 Å². The van der Waals surface area contributed by atoms with Crippen LogP contribution >= 0.6 is 0 Å². The van der Waals surface area contributed by atoms with Crippen LogP contribution in [0.25, 0.3) is 17.0 Å². The minimum Gasteiger partial charge on any atom is -0.219 e. The molecule has 2 heterocycles. The third kappa shape index (κ3) is 1.54. The highest BCUT2D eigenvalue weighted by Gasteiger charge is 2.08. The van der Waals surface area contributed by atoms with E-state index in [0.717, 1.165) is 5.56 Å². The lowest BCUT2D eigenvalue weighted by molar-refractivity contribution is 0.963. The Morgan fingerprint density at radius 3 is 2.65 bits per heavy atom. The number of nitriles is 1. The molecule has 4 heteroatoms. The summed E-state index contributed by atoms with van der Waals surface area (Å²) in [5.41, 5.74) is 2.07. The van der Waals surface area contributed by atoms with Gasteiger partial charge in [-0.15, -0.1) is 5.10 Å². The number of benzene rings is 1. The van der Waals surface area contributed by atoms with E-state index in [1.54, 1.807) is 22.8 Å². The van der Waals surface area contributed by atoms with Crippen molar-refractivity contribution in [2.24, 2.45) is 0 Å². The van der Waals surface area contributed by atoms with Crippen LogP contribution in [0.3, 0.4) is 0 Å². The van der Waals surface area contributed by atoms with Gasteiger partial charge in [-0.1, -0.05) is 30.3 Å². The average Bonchev–Trinajstić information content (AvgIpc) is 2.83. The van der Waals surface area contributed by atoms with Crippen LogP contribution in [0.2, 0.25) is 0 Å². The number of aromatic nitrogens is 3. The topological polar surface area (TPSA) is 54.0 Å². The van der Waals surface area contributed by atoms with Crippen molar-refractivity contribution in [2.45, 2.75) is 0 Å². The van der Waals surface area contributed by atoms with E-state index in [2.05, 4.69) is 16.2 Å². The van der Waals surface area contributed by atoms with Gasteiger partial charge in [-0.25, -0.2) is 9.50 Å². The molecule has 0 aliphatic carbocycles. The van der Waals surface area contributed by atoms with Crippen molar-refractivity contribution in [1.82, 2.24) is 14.6 Å². The molecule has 1 aromatic carbocycles. The summed E-state index contributed by atoms with van der Waals surface area (Å²) >= 11 is 0. The molecule has 0 aliphatic heterocycles. The van der Waals surface area contributed by atoms with Crippen LogP contribution in [0.5, 0.6) is 0 Å². The van der Waals surface area contributed by atoms with Crippen molar-refractivity contribution in [3.8, 4) is 17.5 Å². The summed E-state index contributed by atoms with van der Waals surface area (Å²) in [6.07, 6.45) is 1.79. The number of fused-ring (bicyclic) bond motifs is 1. The van der Waals surface area contributed by atoms with Crippen LogP contribution in [0.15, 0.2) is 48.7 Å². The summed E-state index contributed by atoms with van der Waals surface area (Å²) < 4.78 is 1.63. The molecule has 0 aliphatic rings. The molecule has 0 saturated heterocycles. The molecule has 0 unspecified atom stereocenters. The largest absolute Gasteiger partial charge is 0.219 e. The zero-order valence-corrected chi connectivity index (χ0v) is 8.91. The zero-order valence-electron chi connectivity index (χ0n) is 8.91. The van der Waals surface area contributed by atoms with E-state index < -0.39 is 0 Å². The van der Waals surface area contributed by atoms with Crippen molar-refractivity contribution >= 4 is 5.65 Å². The number of pyridine rings is 1. The van der Waals surface area contributed by atoms with Crippen LogP contribution in [-0.4, -0.2) is 14.6 Å². The second-order valence-electron chi connectivity index (χ2n) is 3.60. The number of hydrogen-bond acceptors (Lipinski definition) is 3. The lowest BCUT2D eigenvalue weighted by Crippen LogP contribution is -1.88. The van der Waals surface area contributed by atoms with E-state index in [9.17, 15) is 0 Å². The Kier molecular flexibility index (Phi) is 2.09. The maximum absolute atomic E-state index is 8.98. The van der Waals surface area contributed by atoms with Crippen molar-refractivity contribution in [2.75, 3.05) is 0 Å². The Labute approximate surface area is 97.8 Å². The lowest BCUT2D eigenvalue weighted by Gasteiger charge is -1.91. The quantitative estimate of drug-likeness (QED) is 0.632. The van der Waals surface area contributed by atoms with Crippen LogP contribution < -0.4 is 0 Å². The molecule has 0 atom stereocenters. The normalized spacial score (nSPS) is 10.3. The van der Waals surface area contributed by atoms with E-state index in [1.165, 1.54) is 0 Å². The Morgan fingerprint density at radius 2 is 1.88 bits per heavy atom. The van der Waals surface area contributed by atoms with E-state index >= 15 is 0 Å². The van der Waals surface area contributed by atoms with Crippen LogP contribution in [-0.2, 0) is 0 Å². The van der Waals surface area contributed by atoms with Crippen LogP contribution in [0.1, 0.15) is 5.56 Å². The third-order valence-electron chi connectivity index (χ3n) is 2.51. The smallest absolute Gasteiger partial charge is 0.182 e. The van der Waals surface area contributed by atoms with Gasteiger partial charge < -0.3 is 0 Å². The maximum atomic E-state index is 8.98. The van der Waals surface area contributed by atoms with E-state index in [0.29, 0.717) is 17.0 Å². The van der Waals surface area contributed by atoms with Crippen molar-refractivity contribution in [3.63, 3.8) is 0 Å². The lowest BCUT2D eigenvalue weighted by atomic mass is 10.2. The minimum absolute atomic E-state index is 0.530. The third-order valence-corrected chi connectivity index (χ3v) is 2.51. The Hall–Kier alpha value is -2.67. The Bertz CT molecular complexity index is 707. The summed E-state index contributed by atoms with van der Waals surface area (Å²) in [6.45, 7) is 0. The predicted molar refractivity (Wildman–Crippen MR) is 63.1 cm³/mol. The van der Waals surface area contributed by atoms with Crippen molar-refractivity contribution in [3.05, 3.63) is 54.2 Å². The second-order valence-corrected chi connectivity index (χ2v) is 3.60. The van der Waals surface area contributed by atoms with Gasteiger partial charge in [-0.2, -0.15) is 5.26 Å². The SMILES string of the molecule is N#Cc1cccn2nc(-c3ccccc3)nc12. The van der Waals surface area contributed by atoms with Crippen LogP contribution in [0.4, 0.5) is 0 Å². The number of rotatable bonds is 1. The molecule has 0 radical (unpaired) electrons. The molecule has 0 bridgehead atoms. The summed E-state index contributed by atoms with van der Waals surface area (Å²) in [4.78, 5) is 4.38. The van der Waals surface area contributed by atoms with Gasteiger partial charge in [0, 0.05) is 11.8 Å². The molecule has 0 N–H and O–H groups in total. The van der Waals surface area contributed by atoms with Crippen molar-refractivity contribution in [1.29, 1.82) is 5.26 Å². The molecule has 3 aromatic rings. The fraction of sp³-hybridized carbons (Fsp3) is 0. The highest BCUT2D eigenvalue weighted by Crippen LogP contribution is 2.16. The maximum Gasteiger partial charge on any atom is 0.182 e. The molecule has 0 spiro atoms. The number of nitrogens with zero attached hydrogens (tertiary/aromatic N) is 4. The minimum atomic E-state index is 0.530. The first kappa shape index (κ1) is 9.55. The van der Waals surface area contributed by atoms with Crippen molar-refractivity contribution < 1.29 is 0 Å². The molecule has 80 valence electrons. The summed E-state index contributed by atoms with van der Waals surface area (Å²) in [7, 11) is 0. The molecule has 4 nitrogen and oxygen atoms in total. The molecule has 0 amide bonds. The first-order chi connectivity index (χ1) is 8.38. The molecule has 0 saturated carbocycles. The Morgan fingerprint density at radius 1 is 1.06 bits per heavy atom. The average molecular weight is 220 g/mol. The van der Waals surface area contributed by atoms with E-state index in [4.69, 9.17) is 5.26 Å².